The van der Waals surface area contributed by atoms with E-state index in [9.17, 15) is 0 Å². The zero-order valence-electron chi connectivity index (χ0n) is 12.3. The van der Waals surface area contributed by atoms with E-state index in [1.165, 1.54) is 21.5 Å². The van der Waals surface area contributed by atoms with E-state index in [0.29, 0.717) is 0 Å². The molecule has 0 heterocycles. The number of hydrogen-bond donors (Lipinski definition) is 0. The normalized spacial score (nSPS) is 9.73. The maximum Gasteiger partial charge on any atom is -0.0122 e. The van der Waals surface area contributed by atoms with E-state index in [2.05, 4.69) is 91.9 Å². The molecule has 0 fully saturated rings. The van der Waals surface area contributed by atoms with Crippen LogP contribution in [-0.2, 0) is 0 Å². The molecule has 0 atom stereocenters. The van der Waals surface area contributed by atoms with Crippen LogP contribution in [0.15, 0.2) is 84.9 Å². The van der Waals surface area contributed by atoms with Crippen LogP contribution in [0.1, 0.15) is 5.56 Å². The zero-order chi connectivity index (χ0) is 13.8. The maximum atomic E-state index is 2.26. The molecule has 3 aromatic carbocycles. The fraction of sp³-hybridized carbons (Fsp3) is 0.0526. The van der Waals surface area contributed by atoms with Gasteiger partial charge in [0.1, 0.15) is 0 Å². The van der Waals surface area contributed by atoms with Gasteiger partial charge in [-0.25, -0.2) is 0 Å². The summed E-state index contributed by atoms with van der Waals surface area (Å²) in [6, 6.07) is 30.4. The molecule has 114 valence electrons. The summed E-state index contributed by atoms with van der Waals surface area (Å²) in [5.74, 6) is 0. The second-order valence-electron chi connectivity index (χ2n) is 4.79. The molecule has 0 amide bonds. The molecule has 0 radical (unpaired) electrons. The van der Waals surface area contributed by atoms with E-state index < -0.39 is 7.92 Å². The third kappa shape index (κ3) is 4.11. The molecular weight excluding hydrogens is 330 g/mol. The van der Waals surface area contributed by atoms with Crippen molar-refractivity contribution in [3.05, 3.63) is 90.5 Å². The van der Waals surface area contributed by atoms with Crippen molar-refractivity contribution >= 4 is 48.6 Å². The first-order valence-electron chi connectivity index (χ1n) is 6.82. The van der Waals surface area contributed by atoms with Gasteiger partial charge in [-0.2, -0.15) is 0 Å². The lowest BCUT2D eigenvalue weighted by molar-refractivity contribution is 1.52. The van der Waals surface area contributed by atoms with Gasteiger partial charge in [0.15, 0.2) is 0 Å². The van der Waals surface area contributed by atoms with Gasteiger partial charge in [0, 0.05) is 0 Å². The van der Waals surface area contributed by atoms with Gasteiger partial charge in [0.2, 0.25) is 0 Å². The second-order valence-corrected chi connectivity index (χ2v) is 6.98. The quantitative estimate of drug-likeness (QED) is 0.607. The summed E-state index contributed by atoms with van der Waals surface area (Å²) in [5, 5.41) is 4.26. The smallest absolute Gasteiger partial charge is 0.0122 e. The predicted molar refractivity (Wildman–Crippen MR) is 104 cm³/mol. The van der Waals surface area contributed by atoms with Crippen LogP contribution in [0.25, 0.3) is 0 Å². The van der Waals surface area contributed by atoms with Gasteiger partial charge in [-0.3, -0.25) is 0 Å². The van der Waals surface area contributed by atoms with Gasteiger partial charge in [-0.15, -0.1) is 24.8 Å². The Balaban J connectivity index is 0.00000121. The summed E-state index contributed by atoms with van der Waals surface area (Å²) in [5.41, 5.74) is 1.37. The van der Waals surface area contributed by atoms with Crippen LogP contribution >= 0.6 is 32.7 Å². The summed E-state index contributed by atoms with van der Waals surface area (Å²) in [7, 11) is -0.467. The Morgan fingerprint density at radius 3 is 1.41 bits per heavy atom. The van der Waals surface area contributed by atoms with Gasteiger partial charge in [0.05, 0.1) is 0 Å². The Bertz CT molecular complexity index is 645. The summed E-state index contributed by atoms with van der Waals surface area (Å²) < 4.78 is 0. The fourth-order valence-corrected chi connectivity index (χ4v) is 4.85. The number of rotatable bonds is 3. The van der Waals surface area contributed by atoms with Crippen LogP contribution < -0.4 is 15.9 Å². The summed E-state index contributed by atoms with van der Waals surface area (Å²) in [6.45, 7) is 2.20. The highest BCUT2D eigenvalue weighted by molar-refractivity contribution is 7.79. The minimum absolute atomic E-state index is 0. The highest BCUT2D eigenvalue weighted by Gasteiger charge is 2.17. The standard InChI is InChI=1S/C19H17P.2ClH/c1-16-10-8-9-15-19(16)20(17-11-4-2-5-12-17)18-13-6-3-7-14-18;;/h2-15H,1H3;2*1H. The first-order chi connectivity index (χ1) is 9.86. The fourth-order valence-electron chi connectivity index (χ4n) is 2.40. The molecule has 0 aliphatic heterocycles. The molecule has 0 aliphatic rings. The lowest BCUT2D eigenvalue weighted by Crippen LogP contribution is -2.22. The highest BCUT2D eigenvalue weighted by atomic mass is 35.5. The first kappa shape index (κ1) is 18.7. The molecule has 0 unspecified atom stereocenters. The Labute approximate surface area is 146 Å². The zero-order valence-corrected chi connectivity index (χ0v) is 14.9. The molecule has 0 nitrogen and oxygen atoms in total. The molecule has 0 saturated carbocycles. The van der Waals surface area contributed by atoms with Crippen LogP contribution in [-0.4, -0.2) is 0 Å². The maximum absolute atomic E-state index is 2.26. The van der Waals surface area contributed by atoms with Crippen LogP contribution in [0.2, 0.25) is 0 Å². The molecule has 0 bridgehead atoms. The lowest BCUT2D eigenvalue weighted by Gasteiger charge is -2.21. The SMILES string of the molecule is Cc1ccccc1P(c1ccccc1)c1ccccc1.Cl.Cl. The summed E-state index contributed by atoms with van der Waals surface area (Å²) in [4.78, 5) is 0. The Morgan fingerprint density at radius 1 is 0.545 bits per heavy atom. The monoisotopic (exact) mass is 348 g/mol. The lowest BCUT2D eigenvalue weighted by atomic mass is 10.2. The van der Waals surface area contributed by atoms with Crippen molar-refractivity contribution in [2.24, 2.45) is 0 Å². The number of benzene rings is 3. The van der Waals surface area contributed by atoms with Crippen LogP contribution in [0.3, 0.4) is 0 Å². The van der Waals surface area contributed by atoms with E-state index in [4.69, 9.17) is 0 Å². The van der Waals surface area contributed by atoms with Crippen LogP contribution in [0.5, 0.6) is 0 Å². The molecule has 3 aromatic rings. The average Bonchev–Trinajstić information content (AvgIpc) is 2.52. The molecule has 0 aromatic heterocycles. The Morgan fingerprint density at radius 2 is 0.955 bits per heavy atom. The van der Waals surface area contributed by atoms with Gasteiger partial charge in [0.25, 0.3) is 0 Å². The van der Waals surface area contributed by atoms with Crippen molar-refractivity contribution in [2.45, 2.75) is 6.92 Å². The van der Waals surface area contributed by atoms with Crippen molar-refractivity contribution < 1.29 is 0 Å². The molecule has 3 heteroatoms. The van der Waals surface area contributed by atoms with E-state index in [1.54, 1.807) is 0 Å². The number of aryl methyl sites for hydroxylation is 1. The largest absolute Gasteiger partial charge is 0.147 e. The first-order valence-corrected chi connectivity index (χ1v) is 8.16. The minimum Gasteiger partial charge on any atom is -0.147 e. The third-order valence-corrected chi connectivity index (χ3v) is 6.00. The van der Waals surface area contributed by atoms with Crippen LogP contribution in [0.4, 0.5) is 0 Å². The van der Waals surface area contributed by atoms with E-state index >= 15 is 0 Å². The van der Waals surface area contributed by atoms with Crippen molar-refractivity contribution in [1.29, 1.82) is 0 Å². The summed E-state index contributed by atoms with van der Waals surface area (Å²) >= 11 is 0. The average molecular weight is 349 g/mol. The minimum atomic E-state index is -0.467. The van der Waals surface area contributed by atoms with Crippen LogP contribution in [0, 0.1) is 6.92 Å². The molecule has 3 rings (SSSR count). The number of hydrogen-bond acceptors (Lipinski definition) is 0. The van der Waals surface area contributed by atoms with E-state index in [1.807, 2.05) is 0 Å². The molecule has 22 heavy (non-hydrogen) atoms. The summed E-state index contributed by atoms with van der Waals surface area (Å²) in [6.07, 6.45) is 0. The molecule has 0 saturated heterocycles. The Hall–Kier alpha value is -1.33. The van der Waals surface area contributed by atoms with Crippen molar-refractivity contribution in [3.8, 4) is 0 Å². The second kappa shape index (κ2) is 8.96. The van der Waals surface area contributed by atoms with Gasteiger partial charge in [-0.1, -0.05) is 84.9 Å². The van der Waals surface area contributed by atoms with Gasteiger partial charge in [-0.05, 0) is 36.3 Å². The number of halogens is 2. The predicted octanol–water partition coefficient (Wildman–Crippen LogP) is 4.60. The molecule has 0 N–H and O–H groups in total. The van der Waals surface area contributed by atoms with Crippen molar-refractivity contribution in [1.82, 2.24) is 0 Å². The molecule has 0 spiro atoms. The van der Waals surface area contributed by atoms with E-state index in [0.717, 1.165) is 0 Å². The molecule has 0 aliphatic carbocycles. The highest BCUT2D eigenvalue weighted by Crippen LogP contribution is 2.33. The van der Waals surface area contributed by atoms with Gasteiger partial charge >= 0.3 is 0 Å². The third-order valence-electron chi connectivity index (χ3n) is 3.39. The van der Waals surface area contributed by atoms with Crippen molar-refractivity contribution in [3.63, 3.8) is 0 Å². The van der Waals surface area contributed by atoms with E-state index in [-0.39, 0.29) is 24.8 Å². The molecular formula is C19H19Cl2P. The van der Waals surface area contributed by atoms with Crippen molar-refractivity contribution in [2.75, 3.05) is 0 Å². The van der Waals surface area contributed by atoms with Gasteiger partial charge < -0.3 is 0 Å². The topological polar surface area (TPSA) is 0 Å². The Kier molecular flexibility index (Phi) is 7.62.